The molecular weight excluding hydrogens is 146 g/mol. The Bertz CT molecular complexity index is 138. The first-order valence-corrected chi connectivity index (χ1v) is 5.63. The predicted molar refractivity (Wildman–Crippen MR) is 51.9 cm³/mol. The molecule has 2 fully saturated rings. The molecule has 0 bridgehead atoms. The number of hydrogen-bond acceptors (Lipinski definition) is 1. The van der Waals surface area contributed by atoms with Crippen LogP contribution in [0.1, 0.15) is 51.4 Å². The van der Waals surface area contributed by atoms with Crippen molar-refractivity contribution in [1.82, 2.24) is 0 Å². The topological polar surface area (TPSA) is 26.0 Å². The second-order valence-corrected chi connectivity index (χ2v) is 4.66. The van der Waals surface area contributed by atoms with Gasteiger partial charge in [-0.3, -0.25) is 0 Å². The maximum Gasteiger partial charge on any atom is 0.00698 e. The van der Waals surface area contributed by atoms with Gasteiger partial charge in [-0.15, -0.1) is 0 Å². The van der Waals surface area contributed by atoms with Crippen LogP contribution in [0.25, 0.3) is 0 Å². The molecular formula is C11H21N. The minimum atomic E-state index is 0.543. The van der Waals surface area contributed by atoms with Crippen LogP contribution in [-0.2, 0) is 0 Å². The van der Waals surface area contributed by atoms with Gasteiger partial charge in [0, 0.05) is 6.04 Å². The molecule has 1 nitrogen and oxygen atoms in total. The van der Waals surface area contributed by atoms with Crippen LogP contribution in [-0.4, -0.2) is 6.04 Å². The van der Waals surface area contributed by atoms with Crippen molar-refractivity contribution in [3.8, 4) is 0 Å². The summed E-state index contributed by atoms with van der Waals surface area (Å²) in [6, 6.07) is 0.543. The van der Waals surface area contributed by atoms with Crippen LogP contribution in [0.5, 0.6) is 0 Å². The molecule has 70 valence electrons. The van der Waals surface area contributed by atoms with Crippen LogP contribution in [0.3, 0.4) is 0 Å². The number of rotatable bonds is 1. The fourth-order valence-corrected chi connectivity index (χ4v) is 3.16. The molecule has 0 aromatic carbocycles. The van der Waals surface area contributed by atoms with Gasteiger partial charge in [-0.05, 0) is 24.7 Å². The van der Waals surface area contributed by atoms with Crippen LogP contribution in [0.2, 0.25) is 0 Å². The molecule has 0 aromatic rings. The average Bonchev–Trinajstić information content (AvgIpc) is 2.57. The van der Waals surface area contributed by atoms with Crippen molar-refractivity contribution in [3.63, 3.8) is 0 Å². The average molecular weight is 167 g/mol. The zero-order valence-corrected chi connectivity index (χ0v) is 7.97. The molecule has 0 spiro atoms. The molecule has 2 aliphatic rings. The van der Waals surface area contributed by atoms with Gasteiger partial charge in [-0.25, -0.2) is 0 Å². The lowest BCUT2D eigenvalue weighted by Crippen LogP contribution is -2.36. The van der Waals surface area contributed by atoms with E-state index in [1.807, 2.05) is 0 Å². The highest BCUT2D eigenvalue weighted by Gasteiger charge is 2.30. The number of nitrogens with two attached hydrogens (primary N) is 1. The van der Waals surface area contributed by atoms with Crippen LogP contribution >= 0.6 is 0 Å². The molecule has 1 heteroatoms. The van der Waals surface area contributed by atoms with Gasteiger partial charge in [0.05, 0.1) is 0 Å². The van der Waals surface area contributed by atoms with Gasteiger partial charge in [0.1, 0.15) is 0 Å². The van der Waals surface area contributed by atoms with Crippen molar-refractivity contribution in [1.29, 1.82) is 0 Å². The monoisotopic (exact) mass is 167 g/mol. The first kappa shape index (κ1) is 8.55. The largest absolute Gasteiger partial charge is 0.327 e. The zero-order chi connectivity index (χ0) is 8.39. The molecule has 2 unspecified atom stereocenters. The highest BCUT2D eigenvalue weighted by molar-refractivity contribution is 4.85. The van der Waals surface area contributed by atoms with E-state index in [4.69, 9.17) is 5.73 Å². The molecule has 2 N–H and O–H groups in total. The van der Waals surface area contributed by atoms with E-state index in [2.05, 4.69) is 0 Å². The fraction of sp³-hybridized carbons (Fsp3) is 1.00. The first-order valence-electron chi connectivity index (χ1n) is 5.63. The minimum Gasteiger partial charge on any atom is -0.327 e. The van der Waals surface area contributed by atoms with Crippen molar-refractivity contribution in [2.45, 2.75) is 57.4 Å². The Kier molecular flexibility index (Phi) is 2.69. The summed E-state index contributed by atoms with van der Waals surface area (Å²) in [6.07, 6.45) is 11.4. The van der Waals surface area contributed by atoms with Gasteiger partial charge in [0.25, 0.3) is 0 Å². The highest BCUT2D eigenvalue weighted by Crippen LogP contribution is 2.38. The van der Waals surface area contributed by atoms with Gasteiger partial charge in [-0.1, -0.05) is 38.5 Å². The Balaban J connectivity index is 1.91. The van der Waals surface area contributed by atoms with E-state index in [0.29, 0.717) is 6.04 Å². The second-order valence-electron chi connectivity index (χ2n) is 4.66. The van der Waals surface area contributed by atoms with E-state index >= 15 is 0 Å². The summed E-state index contributed by atoms with van der Waals surface area (Å²) in [5.41, 5.74) is 6.16. The van der Waals surface area contributed by atoms with E-state index in [-0.39, 0.29) is 0 Å². The molecule has 0 aromatic heterocycles. The van der Waals surface area contributed by atoms with E-state index in [9.17, 15) is 0 Å². The smallest absolute Gasteiger partial charge is 0.00698 e. The molecule has 0 amide bonds. The Morgan fingerprint density at radius 1 is 0.750 bits per heavy atom. The Hall–Kier alpha value is -0.0400. The normalized spacial score (nSPS) is 38.8. The molecule has 2 saturated carbocycles. The van der Waals surface area contributed by atoms with E-state index in [1.54, 1.807) is 0 Å². The molecule has 2 atom stereocenters. The lowest BCUT2D eigenvalue weighted by atomic mass is 9.76. The molecule has 0 saturated heterocycles. The summed E-state index contributed by atoms with van der Waals surface area (Å²) in [7, 11) is 0. The highest BCUT2D eigenvalue weighted by atomic mass is 14.7. The van der Waals surface area contributed by atoms with Gasteiger partial charge < -0.3 is 5.73 Å². The van der Waals surface area contributed by atoms with Crippen LogP contribution < -0.4 is 5.73 Å². The van der Waals surface area contributed by atoms with Gasteiger partial charge in [-0.2, -0.15) is 0 Å². The predicted octanol–water partition coefficient (Wildman–Crippen LogP) is 2.69. The van der Waals surface area contributed by atoms with Crippen LogP contribution in [0, 0.1) is 11.8 Å². The van der Waals surface area contributed by atoms with Gasteiger partial charge in [0.15, 0.2) is 0 Å². The molecule has 2 aliphatic carbocycles. The summed E-state index contributed by atoms with van der Waals surface area (Å²) in [4.78, 5) is 0. The lowest BCUT2D eigenvalue weighted by Gasteiger charge is -2.33. The third-order valence-corrected chi connectivity index (χ3v) is 3.88. The van der Waals surface area contributed by atoms with Gasteiger partial charge in [0.2, 0.25) is 0 Å². The molecule has 0 radical (unpaired) electrons. The lowest BCUT2D eigenvalue weighted by molar-refractivity contribution is 0.217. The SMILES string of the molecule is NC1CCCCC1C1CCCC1. The summed E-state index contributed by atoms with van der Waals surface area (Å²) >= 11 is 0. The quantitative estimate of drug-likeness (QED) is 0.638. The Labute approximate surface area is 75.7 Å². The fourth-order valence-electron chi connectivity index (χ4n) is 3.16. The summed E-state index contributed by atoms with van der Waals surface area (Å²) in [5.74, 6) is 1.89. The molecule has 2 rings (SSSR count). The summed E-state index contributed by atoms with van der Waals surface area (Å²) in [5, 5.41) is 0. The van der Waals surface area contributed by atoms with Crippen molar-refractivity contribution >= 4 is 0 Å². The number of hydrogen-bond donors (Lipinski definition) is 1. The van der Waals surface area contributed by atoms with Crippen molar-refractivity contribution in [2.75, 3.05) is 0 Å². The third-order valence-electron chi connectivity index (χ3n) is 3.88. The molecule has 0 heterocycles. The zero-order valence-electron chi connectivity index (χ0n) is 7.97. The van der Waals surface area contributed by atoms with Crippen LogP contribution in [0.4, 0.5) is 0 Å². The van der Waals surface area contributed by atoms with Crippen molar-refractivity contribution in [2.24, 2.45) is 17.6 Å². The van der Waals surface area contributed by atoms with Crippen molar-refractivity contribution in [3.05, 3.63) is 0 Å². The van der Waals surface area contributed by atoms with E-state index < -0.39 is 0 Å². The first-order chi connectivity index (χ1) is 5.88. The molecule has 0 aliphatic heterocycles. The Morgan fingerprint density at radius 2 is 1.33 bits per heavy atom. The molecule has 12 heavy (non-hydrogen) atoms. The van der Waals surface area contributed by atoms with E-state index in [1.165, 1.54) is 51.4 Å². The van der Waals surface area contributed by atoms with E-state index in [0.717, 1.165) is 11.8 Å². The standard InChI is InChI=1S/C11H21N/c12-11-8-4-3-7-10(11)9-5-1-2-6-9/h9-11H,1-8,12H2. The van der Waals surface area contributed by atoms with Crippen LogP contribution in [0.15, 0.2) is 0 Å². The summed E-state index contributed by atoms with van der Waals surface area (Å²) < 4.78 is 0. The minimum absolute atomic E-state index is 0.543. The maximum absolute atomic E-state index is 6.16. The maximum atomic E-state index is 6.16. The Morgan fingerprint density at radius 3 is 2.00 bits per heavy atom. The van der Waals surface area contributed by atoms with Gasteiger partial charge >= 0.3 is 0 Å². The van der Waals surface area contributed by atoms with Crippen molar-refractivity contribution < 1.29 is 0 Å². The second kappa shape index (κ2) is 3.78. The summed E-state index contributed by atoms with van der Waals surface area (Å²) in [6.45, 7) is 0. The third kappa shape index (κ3) is 1.66.